The molecule has 0 unspecified atom stereocenters. The lowest BCUT2D eigenvalue weighted by atomic mass is 10.1. The van der Waals surface area contributed by atoms with Crippen molar-refractivity contribution in [1.29, 1.82) is 0 Å². The van der Waals surface area contributed by atoms with E-state index in [9.17, 15) is 0 Å². The van der Waals surface area contributed by atoms with Gasteiger partial charge in [-0.2, -0.15) is 0 Å². The highest BCUT2D eigenvalue weighted by molar-refractivity contribution is 6.09. The number of para-hydroxylation sites is 2. The zero-order valence-electron chi connectivity index (χ0n) is 16.4. The van der Waals surface area contributed by atoms with Crippen LogP contribution in [0.2, 0.25) is 0 Å². The van der Waals surface area contributed by atoms with Crippen molar-refractivity contribution in [3.63, 3.8) is 0 Å². The Bertz CT molecular complexity index is 1450. The number of nitrogens with one attached hydrogen (secondary N) is 1. The second-order valence-electron chi connectivity index (χ2n) is 7.57. The van der Waals surface area contributed by atoms with E-state index in [1.54, 1.807) is 0 Å². The Morgan fingerprint density at radius 3 is 1.73 bits per heavy atom. The van der Waals surface area contributed by atoms with Gasteiger partial charge in [0.1, 0.15) is 0 Å². The van der Waals surface area contributed by atoms with E-state index >= 15 is 0 Å². The standard InChI is InChI=1S/C28H20N2/c1-2-10-23-20(8-1)9-7-13-26(23)29-21-16-18-22(19-17-21)30-27-14-5-3-11-24(27)25-12-4-6-15-28(25)30/h1-19,29H. The summed E-state index contributed by atoms with van der Waals surface area (Å²) >= 11 is 0. The molecule has 6 rings (SSSR count). The molecule has 0 atom stereocenters. The third-order valence-corrected chi connectivity index (χ3v) is 5.77. The van der Waals surface area contributed by atoms with Crippen LogP contribution in [0.25, 0.3) is 38.3 Å². The predicted molar refractivity (Wildman–Crippen MR) is 128 cm³/mol. The first kappa shape index (κ1) is 16.9. The van der Waals surface area contributed by atoms with Gasteiger partial charge in [0.15, 0.2) is 0 Å². The summed E-state index contributed by atoms with van der Waals surface area (Å²) in [7, 11) is 0. The molecular formula is C28H20N2. The van der Waals surface area contributed by atoms with Gasteiger partial charge in [-0.25, -0.2) is 0 Å². The van der Waals surface area contributed by atoms with Crippen LogP contribution in [0.4, 0.5) is 11.4 Å². The monoisotopic (exact) mass is 384 g/mol. The van der Waals surface area contributed by atoms with Crippen LogP contribution in [0.3, 0.4) is 0 Å². The fourth-order valence-electron chi connectivity index (χ4n) is 4.38. The first-order valence-electron chi connectivity index (χ1n) is 10.2. The molecule has 0 radical (unpaired) electrons. The Balaban J connectivity index is 1.43. The Morgan fingerprint density at radius 1 is 0.467 bits per heavy atom. The topological polar surface area (TPSA) is 17.0 Å². The third kappa shape index (κ3) is 2.66. The van der Waals surface area contributed by atoms with Gasteiger partial charge >= 0.3 is 0 Å². The van der Waals surface area contributed by atoms with Crippen molar-refractivity contribution in [2.45, 2.75) is 0 Å². The molecule has 0 aliphatic heterocycles. The highest BCUT2D eigenvalue weighted by atomic mass is 15.0. The normalized spacial score (nSPS) is 11.3. The molecule has 2 nitrogen and oxygen atoms in total. The number of rotatable bonds is 3. The summed E-state index contributed by atoms with van der Waals surface area (Å²) in [6.45, 7) is 0. The van der Waals surface area contributed by atoms with E-state index in [1.165, 1.54) is 32.6 Å². The zero-order valence-corrected chi connectivity index (χ0v) is 16.4. The van der Waals surface area contributed by atoms with Crippen LogP contribution in [-0.4, -0.2) is 4.57 Å². The van der Waals surface area contributed by atoms with Crippen LogP contribution >= 0.6 is 0 Å². The van der Waals surface area contributed by atoms with Crippen LogP contribution in [0.5, 0.6) is 0 Å². The average molecular weight is 384 g/mol. The zero-order chi connectivity index (χ0) is 19.9. The van der Waals surface area contributed by atoms with Gasteiger partial charge in [-0.3, -0.25) is 0 Å². The fraction of sp³-hybridized carbons (Fsp3) is 0. The summed E-state index contributed by atoms with van der Waals surface area (Å²) in [5.74, 6) is 0. The first-order chi connectivity index (χ1) is 14.9. The van der Waals surface area contributed by atoms with Crippen molar-refractivity contribution in [2.24, 2.45) is 0 Å². The Kier molecular flexibility index (Phi) is 3.82. The maximum absolute atomic E-state index is 3.58. The molecule has 5 aromatic carbocycles. The maximum Gasteiger partial charge on any atom is 0.0541 e. The SMILES string of the molecule is c1ccc2c(Nc3ccc(-n4c5ccccc5c5ccccc54)cc3)cccc2c1. The molecule has 0 saturated carbocycles. The van der Waals surface area contributed by atoms with Gasteiger partial charge in [-0.05, 0) is 47.9 Å². The number of anilines is 2. The van der Waals surface area contributed by atoms with Gasteiger partial charge in [0.25, 0.3) is 0 Å². The molecule has 0 aliphatic carbocycles. The Hall–Kier alpha value is -4.04. The molecular weight excluding hydrogens is 364 g/mol. The minimum Gasteiger partial charge on any atom is -0.355 e. The van der Waals surface area contributed by atoms with Crippen molar-refractivity contribution < 1.29 is 0 Å². The Morgan fingerprint density at radius 2 is 1.03 bits per heavy atom. The summed E-state index contributed by atoms with van der Waals surface area (Å²) in [5, 5.41) is 8.62. The number of fused-ring (bicyclic) bond motifs is 4. The van der Waals surface area contributed by atoms with E-state index in [1.807, 2.05) is 0 Å². The number of hydrogen-bond donors (Lipinski definition) is 1. The van der Waals surface area contributed by atoms with E-state index in [-0.39, 0.29) is 0 Å². The van der Waals surface area contributed by atoms with Gasteiger partial charge in [0.05, 0.1) is 11.0 Å². The molecule has 0 spiro atoms. The summed E-state index contributed by atoms with van der Waals surface area (Å²) in [5.41, 5.74) is 5.83. The number of nitrogens with zero attached hydrogens (tertiary/aromatic N) is 1. The molecule has 142 valence electrons. The average Bonchev–Trinajstić information content (AvgIpc) is 3.15. The minimum atomic E-state index is 1.08. The molecule has 2 heteroatoms. The first-order valence-corrected chi connectivity index (χ1v) is 10.2. The van der Waals surface area contributed by atoms with Crippen molar-refractivity contribution in [3.8, 4) is 5.69 Å². The van der Waals surface area contributed by atoms with Crippen LogP contribution < -0.4 is 5.32 Å². The molecule has 0 saturated heterocycles. The summed E-state index contributed by atoms with van der Waals surface area (Å²) < 4.78 is 2.34. The van der Waals surface area contributed by atoms with E-state index in [4.69, 9.17) is 0 Å². The molecule has 0 bridgehead atoms. The van der Waals surface area contributed by atoms with E-state index < -0.39 is 0 Å². The highest BCUT2D eigenvalue weighted by Gasteiger charge is 2.11. The van der Waals surface area contributed by atoms with Crippen LogP contribution in [0, 0.1) is 0 Å². The summed E-state index contributed by atoms with van der Waals surface area (Å²) in [6.07, 6.45) is 0. The van der Waals surface area contributed by atoms with E-state index in [2.05, 4.69) is 125 Å². The van der Waals surface area contributed by atoms with Crippen LogP contribution in [0.15, 0.2) is 115 Å². The Labute approximate surface area is 175 Å². The molecule has 30 heavy (non-hydrogen) atoms. The van der Waals surface area contributed by atoms with Crippen molar-refractivity contribution in [3.05, 3.63) is 115 Å². The van der Waals surface area contributed by atoms with Gasteiger partial charge < -0.3 is 9.88 Å². The second kappa shape index (κ2) is 6.78. The quantitative estimate of drug-likeness (QED) is 0.331. The van der Waals surface area contributed by atoms with Crippen LogP contribution in [0.1, 0.15) is 0 Å². The second-order valence-corrected chi connectivity index (χ2v) is 7.57. The molecule has 1 aromatic heterocycles. The third-order valence-electron chi connectivity index (χ3n) is 5.77. The van der Waals surface area contributed by atoms with E-state index in [0.717, 1.165) is 17.1 Å². The lowest BCUT2D eigenvalue weighted by Gasteiger charge is -2.12. The van der Waals surface area contributed by atoms with Gasteiger partial charge in [0.2, 0.25) is 0 Å². The summed E-state index contributed by atoms with van der Waals surface area (Å²) in [4.78, 5) is 0. The molecule has 6 aromatic rings. The number of aromatic nitrogens is 1. The summed E-state index contributed by atoms with van der Waals surface area (Å²) in [6, 6.07) is 40.7. The number of benzene rings is 5. The van der Waals surface area contributed by atoms with Crippen LogP contribution in [-0.2, 0) is 0 Å². The lowest BCUT2D eigenvalue weighted by Crippen LogP contribution is -1.95. The molecule has 0 amide bonds. The van der Waals surface area contributed by atoms with Crippen molar-refractivity contribution in [2.75, 3.05) is 5.32 Å². The van der Waals surface area contributed by atoms with Crippen molar-refractivity contribution >= 4 is 44.0 Å². The molecule has 1 N–H and O–H groups in total. The largest absolute Gasteiger partial charge is 0.355 e. The molecule has 0 aliphatic rings. The minimum absolute atomic E-state index is 1.08. The van der Waals surface area contributed by atoms with Gasteiger partial charge in [-0.15, -0.1) is 0 Å². The predicted octanol–water partition coefficient (Wildman–Crippen LogP) is 7.68. The van der Waals surface area contributed by atoms with E-state index in [0.29, 0.717) is 0 Å². The number of hydrogen-bond acceptors (Lipinski definition) is 1. The maximum atomic E-state index is 3.58. The van der Waals surface area contributed by atoms with Crippen molar-refractivity contribution in [1.82, 2.24) is 4.57 Å². The van der Waals surface area contributed by atoms with Gasteiger partial charge in [0, 0.05) is 33.2 Å². The lowest BCUT2D eigenvalue weighted by molar-refractivity contribution is 1.18. The molecule has 0 fully saturated rings. The molecule has 1 heterocycles. The smallest absolute Gasteiger partial charge is 0.0541 e. The highest BCUT2D eigenvalue weighted by Crippen LogP contribution is 2.32. The fourth-order valence-corrected chi connectivity index (χ4v) is 4.38. The van der Waals surface area contributed by atoms with Gasteiger partial charge in [-0.1, -0.05) is 72.8 Å².